The van der Waals surface area contributed by atoms with Crippen LogP contribution in [0.15, 0.2) is 18.5 Å². The Balaban J connectivity index is 0. The lowest BCUT2D eigenvalue weighted by atomic mass is 10.4. The molecule has 0 spiro atoms. The fourth-order valence-electron chi connectivity index (χ4n) is 1.64. The highest BCUT2D eigenvalue weighted by molar-refractivity contribution is 5.03. The molecule has 0 atom stereocenters. The molecule has 0 aromatic carbocycles. The Morgan fingerprint density at radius 1 is 0.640 bits per heavy atom. The van der Waals surface area contributed by atoms with Crippen molar-refractivity contribution in [1.29, 1.82) is 0 Å². The van der Waals surface area contributed by atoms with Gasteiger partial charge in [-0.25, -0.2) is 9.97 Å². The molecule has 25 heavy (non-hydrogen) atoms. The van der Waals surface area contributed by atoms with Gasteiger partial charge in [0.05, 0.1) is 5.69 Å². The standard InChI is InChI=1S/3C5H8N2.2C2H6/c2*1-4-3-6-5(2)7-4;1-4-3-5(2)7-6-4;2*1-2/h3*3H,1-2H3,(H,6,7);2*1-2H3. The molecule has 3 aromatic heterocycles. The van der Waals surface area contributed by atoms with E-state index in [9.17, 15) is 0 Å². The van der Waals surface area contributed by atoms with Gasteiger partial charge in [0, 0.05) is 29.5 Å². The minimum absolute atomic E-state index is 0.984. The maximum atomic E-state index is 3.96. The van der Waals surface area contributed by atoms with Crippen LogP contribution in [-0.2, 0) is 0 Å². The predicted octanol–water partition coefficient (Wildman–Crippen LogP) is 5.13. The summed E-state index contributed by atoms with van der Waals surface area (Å²) in [5.41, 5.74) is 4.42. The smallest absolute Gasteiger partial charge is 0.103 e. The first kappa shape index (κ1) is 24.9. The highest BCUT2D eigenvalue weighted by Crippen LogP contribution is 1.92. The van der Waals surface area contributed by atoms with E-state index >= 15 is 0 Å². The first-order chi connectivity index (χ1) is 11.9. The molecule has 0 saturated heterocycles. The zero-order chi connectivity index (χ0) is 19.8. The molecule has 6 heteroatoms. The number of hydrogen-bond donors (Lipinski definition) is 3. The molecule has 0 bridgehead atoms. The van der Waals surface area contributed by atoms with E-state index in [1.165, 1.54) is 0 Å². The van der Waals surface area contributed by atoms with E-state index in [4.69, 9.17) is 0 Å². The van der Waals surface area contributed by atoms with Crippen molar-refractivity contribution in [3.05, 3.63) is 52.9 Å². The van der Waals surface area contributed by atoms with Crippen LogP contribution in [0.3, 0.4) is 0 Å². The van der Waals surface area contributed by atoms with Gasteiger partial charge in [0.2, 0.25) is 0 Å². The maximum Gasteiger partial charge on any atom is 0.103 e. The number of rotatable bonds is 0. The Morgan fingerprint density at radius 2 is 1.04 bits per heavy atom. The number of hydrogen-bond acceptors (Lipinski definition) is 3. The Morgan fingerprint density at radius 3 is 1.12 bits per heavy atom. The van der Waals surface area contributed by atoms with Crippen molar-refractivity contribution in [3.8, 4) is 0 Å². The molecule has 142 valence electrons. The van der Waals surface area contributed by atoms with Gasteiger partial charge < -0.3 is 9.97 Å². The lowest BCUT2D eigenvalue weighted by Crippen LogP contribution is -1.70. The molecule has 6 nitrogen and oxygen atoms in total. The van der Waals surface area contributed by atoms with Crippen LogP contribution >= 0.6 is 0 Å². The van der Waals surface area contributed by atoms with Crippen LogP contribution in [0.4, 0.5) is 0 Å². The molecule has 3 heterocycles. The van der Waals surface area contributed by atoms with E-state index in [2.05, 4.69) is 30.1 Å². The molecule has 0 saturated carbocycles. The number of imidazole rings is 2. The average molecular weight is 349 g/mol. The average Bonchev–Trinajstić information content (AvgIpc) is 3.28. The molecule has 3 rings (SSSR count). The summed E-state index contributed by atoms with van der Waals surface area (Å²) in [6, 6.07) is 2.00. The van der Waals surface area contributed by atoms with Crippen molar-refractivity contribution in [2.24, 2.45) is 0 Å². The molecule has 3 aromatic rings. The minimum atomic E-state index is 0.984. The van der Waals surface area contributed by atoms with Crippen LogP contribution < -0.4 is 0 Å². The van der Waals surface area contributed by atoms with Crippen LogP contribution in [0, 0.1) is 41.5 Å². The van der Waals surface area contributed by atoms with Gasteiger partial charge in [-0.2, -0.15) is 5.10 Å². The van der Waals surface area contributed by atoms with E-state index in [0.29, 0.717) is 0 Å². The van der Waals surface area contributed by atoms with Crippen molar-refractivity contribution in [2.45, 2.75) is 69.2 Å². The fraction of sp³-hybridized carbons (Fsp3) is 0.526. The number of aromatic amines is 3. The fourth-order valence-corrected chi connectivity index (χ4v) is 1.64. The Bertz CT molecular complexity index is 508. The number of nitrogens with one attached hydrogen (secondary N) is 3. The second-order valence-corrected chi connectivity index (χ2v) is 5.00. The second-order valence-electron chi connectivity index (χ2n) is 5.00. The van der Waals surface area contributed by atoms with Gasteiger partial charge in [-0.1, -0.05) is 27.7 Å². The SMILES string of the molecule is CC.CC.Cc1cc(C)[nH]n1.Cc1cnc(C)[nH]1.Cc1cnc(C)[nH]1. The lowest BCUT2D eigenvalue weighted by Gasteiger charge is -1.74. The van der Waals surface area contributed by atoms with E-state index < -0.39 is 0 Å². The molecule has 0 aliphatic carbocycles. The van der Waals surface area contributed by atoms with Gasteiger partial charge in [-0.15, -0.1) is 0 Å². The van der Waals surface area contributed by atoms with E-state index in [1.807, 2.05) is 87.7 Å². The summed E-state index contributed by atoms with van der Waals surface area (Å²) in [5.74, 6) is 1.97. The molecule has 0 radical (unpaired) electrons. The molecule has 0 unspecified atom stereocenters. The summed E-state index contributed by atoms with van der Waals surface area (Å²) < 4.78 is 0. The van der Waals surface area contributed by atoms with Crippen molar-refractivity contribution in [2.75, 3.05) is 0 Å². The van der Waals surface area contributed by atoms with Crippen molar-refractivity contribution in [3.63, 3.8) is 0 Å². The number of aromatic nitrogens is 6. The third-order valence-electron chi connectivity index (χ3n) is 2.49. The number of nitrogens with zero attached hydrogens (tertiary/aromatic N) is 3. The van der Waals surface area contributed by atoms with Gasteiger partial charge >= 0.3 is 0 Å². The molecular formula is C19H36N6. The third kappa shape index (κ3) is 13.7. The Labute approximate surface area is 152 Å². The number of aryl methyl sites for hydroxylation is 6. The largest absolute Gasteiger partial charge is 0.346 e. The molecule has 0 aliphatic rings. The van der Waals surface area contributed by atoms with Crippen molar-refractivity contribution >= 4 is 0 Å². The first-order valence-corrected chi connectivity index (χ1v) is 8.82. The minimum Gasteiger partial charge on any atom is -0.346 e. The summed E-state index contributed by atoms with van der Waals surface area (Å²) in [6.45, 7) is 19.8. The summed E-state index contributed by atoms with van der Waals surface area (Å²) in [5, 5.41) is 6.71. The van der Waals surface area contributed by atoms with Crippen molar-refractivity contribution in [1.82, 2.24) is 30.1 Å². The zero-order valence-electron chi connectivity index (χ0n) is 17.6. The third-order valence-corrected chi connectivity index (χ3v) is 2.49. The predicted molar refractivity (Wildman–Crippen MR) is 107 cm³/mol. The quantitative estimate of drug-likeness (QED) is 0.526. The van der Waals surface area contributed by atoms with E-state index in [0.717, 1.165) is 34.4 Å². The van der Waals surface area contributed by atoms with Gasteiger partial charge in [0.25, 0.3) is 0 Å². The molecule has 0 amide bonds. The van der Waals surface area contributed by atoms with Crippen LogP contribution in [0.5, 0.6) is 0 Å². The first-order valence-electron chi connectivity index (χ1n) is 8.82. The zero-order valence-corrected chi connectivity index (χ0v) is 17.6. The van der Waals surface area contributed by atoms with Gasteiger partial charge in [-0.05, 0) is 47.6 Å². The van der Waals surface area contributed by atoms with Crippen LogP contribution in [0.25, 0.3) is 0 Å². The highest BCUT2D eigenvalue weighted by atomic mass is 15.1. The Kier molecular flexibility index (Phi) is 15.1. The van der Waals surface area contributed by atoms with E-state index in [1.54, 1.807) is 0 Å². The van der Waals surface area contributed by atoms with Crippen LogP contribution in [-0.4, -0.2) is 30.1 Å². The van der Waals surface area contributed by atoms with Gasteiger partial charge in [0.15, 0.2) is 0 Å². The van der Waals surface area contributed by atoms with Crippen LogP contribution in [0.1, 0.15) is 62.1 Å². The summed E-state index contributed by atoms with van der Waals surface area (Å²) >= 11 is 0. The van der Waals surface area contributed by atoms with Crippen LogP contribution in [0.2, 0.25) is 0 Å². The maximum absolute atomic E-state index is 3.96. The summed E-state index contributed by atoms with van der Waals surface area (Å²) in [4.78, 5) is 14.0. The topological polar surface area (TPSA) is 86.0 Å². The lowest BCUT2D eigenvalue weighted by molar-refractivity contribution is 1.02. The van der Waals surface area contributed by atoms with Crippen molar-refractivity contribution < 1.29 is 0 Å². The Hall–Kier alpha value is -2.37. The van der Waals surface area contributed by atoms with E-state index in [-0.39, 0.29) is 0 Å². The monoisotopic (exact) mass is 348 g/mol. The molecule has 3 N–H and O–H groups in total. The summed E-state index contributed by atoms with van der Waals surface area (Å²) in [7, 11) is 0. The molecule has 0 aliphatic heterocycles. The summed E-state index contributed by atoms with van der Waals surface area (Å²) in [6.07, 6.45) is 3.63. The molecule has 0 fully saturated rings. The van der Waals surface area contributed by atoms with Gasteiger partial charge in [0.1, 0.15) is 11.6 Å². The highest BCUT2D eigenvalue weighted by Gasteiger charge is 1.85. The number of H-pyrrole nitrogens is 3. The van der Waals surface area contributed by atoms with Gasteiger partial charge in [-0.3, -0.25) is 5.10 Å². The molecular weight excluding hydrogens is 312 g/mol. The normalized spacial score (nSPS) is 8.40. The second kappa shape index (κ2) is 15.2.